The standard InChI is InChI=1S/C21H18N4O2/c1-2-27-20(26)16-5-8-18-19(13-16)25-21(24-18)23-17-6-3-14(4-7-17)15-9-11-22-12-10-15/h3-13H,2H2,1H3,(H2,23,24,25). The van der Waals surface area contributed by atoms with Crippen molar-refractivity contribution in [1.29, 1.82) is 0 Å². The van der Waals surface area contributed by atoms with Gasteiger partial charge in [0.05, 0.1) is 23.2 Å². The fourth-order valence-electron chi connectivity index (χ4n) is 2.84. The molecule has 2 heterocycles. The number of hydrogen-bond acceptors (Lipinski definition) is 5. The molecule has 0 radical (unpaired) electrons. The number of imidazole rings is 1. The maximum absolute atomic E-state index is 11.9. The zero-order valence-corrected chi connectivity index (χ0v) is 14.8. The van der Waals surface area contributed by atoms with Crippen LogP contribution in [0.4, 0.5) is 11.6 Å². The van der Waals surface area contributed by atoms with Crippen molar-refractivity contribution in [1.82, 2.24) is 15.0 Å². The van der Waals surface area contributed by atoms with Crippen molar-refractivity contribution in [2.24, 2.45) is 0 Å². The third kappa shape index (κ3) is 3.64. The lowest BCUT2D eigenvalue weighted by Gasteiger charge is -2.05. The van der Waals surface area contributed by atoms with Gasteiger partial charge in [0.1, 0.15) is 0 Å². The Bertz CT molecular complexity index is 1070. The highest BCUT2D eigenvalue weighted by atomic mass is 16.5. The molecule has 0 aliphatic rings. The number of fused-ring (bicyclic) bond motifs is 1. The number of carbonyl (C=O) groups is 1. The Labute approximate surface area is 156 Å². The molecule has 0 spiro atoms. The van der Waals surface area contributed by atoms with E-state index in [4.69, 9.17) is 4.74 Å². The summed E-state index contributed by atoms with van der Waals surface area (Å²) >= 11 is 0. The summed E-state index contributed by atoms with van der Waals surface area (Å²) in [5.74, 6) is 0.276. The molecule has 0 atom stereocenters. The van der Waals surface area contributed by atoms with E-state index in [1.165, 1.54) is 0 Å². The van der Waals surface area contributed by atoms with Gasteiger partial charge in [-0.2, -0.15) is 0 Å². The van der Waals surface area contributed by atoms with E-state index < -0.39 is 0 Å². The van der Waals surface area contributed by atoms with Crippen molar-refractivity contribution in [3.63, 3.8) is 0 Å². The second-order valence-electron chi connectivity index (χ2n) is 5.98. The Morgan fingerprint density at radius 1 is 1.04 bits per heavy atom. The van der Waals surface area contributed by atoms with Crippen LogP contribution in [0.1, 0.15) is 17.3 Å². The quantitative estimate of drug-likeness (QED) is 0.512. The van der Waals surface area contributed by atoms with Gasteiger partial charge in [-0.05, 0) is 60.5 Å². The first-order valence-corrected chi connectivity index (χ1v) is 8.67. The SMILES string of the molecule is CCOC(=O)c1ccc2nc(Nc3ccc(-c4ccncc4)cc3)[nH]c2c1. The van der Waals surface area contributed by atoms with Crippen LogP contribution in [0.5, 0.6) is 0 Å². The van der Waals surface area contributed by atoms with Gasteiger partial charge in [-0.1, -0.05) is 12.1 Å². The average molecular weight is 358 g/mol. The van der Waals surface area contributed by atoms with Gasteiger partial charge >= 0.3 is 5.97 Å². The zero-order chi connectivity index (χ0) is 18.6. The fraction of sp³-hybridized carbons (Fsp3) is 0.0952. The maximum atomic E-state index is 11.9. The second-order valence-corrected chi connectivity index (χ2v) is 5.98. The summed E-state index contributed by atoms with van der Waals surface area (Å²) in [5.41, 5.74) is 5.20. The summed E-state index contributed by atoms with van der Waals surface area (Å²) in [4.78, 5) is 23.6. The first kappa shape index (κ1) is 16.8. The minimum atomic E-state index is -0.338. The molecule has 0 saturated carbocycles. The van der Waals surface area contributed by atoms with E-state index in [0.29, 0.717) is 18.1 Å². The summed E-state index contributed by atoms with van der Waals surface area (Å²) < 4.78 is 5.03. The molecule has 0 bridgehead atoms. The lowest BCUT2D eigenvalue weighted by molar-refractivity contribution is 0.0526. The highest BCUT2D eigenvalue weighted by molar-refractivity contribution is 5.94. The zero-order valence-electron chi connectivity index (χ0n) is 14.8. The lowest BCUT2D eigenvalue weighted by atomic mass is 10.1. The van der Waals surface area contributed by atoms with E-state index in [9.17, 15) is 4.79 Å². The van der Waals surface area contributed by atoms with Gasteiger partial charge in [-0.15, -0.1) is 0 Å². The number of aromatic nitrogens is 3. The number of esters is 1. The van der Waals surface area contributed by atoms with E-state index >= 15 is 0 Å². The average Bonchev–Trinajstić information content (AvgIpc) is 3.11. The van der Waals surface area contributed by atoms with E-state index in [1.807, 2.05) is 36.4 Å². The number of rotatable bonds is 5. The van der Waals surface area contributed by atoms with E-state index in [2.05, 4.69) is 20.3 Å². The minimum absolute atomic E-state index is 0.338. The molecule has 2 aromatic carbocycles. The van der Waals surface area contributed by atoms with Crippen molar-refractivity contribution in [2.75, 3.05) is 11.9 Å². The normalized spacial score (nSPS) is 10.7. The first-order valence-electron chi connectivity index (χ1n) is 8.67. The van der Waals surface area contributed by atoms with Gasteiger partial charge in [-0.3, -0.25) is 4.98 Å². The number of nitrogens with one attached hydrogen (secondary N) is 2. The number of aromatic amines is 1. The van der Waals surface area contributed by atoms with Crippen LogP contribution in [0.15, 0.2) is 67.0 Å². The van der Waals surface area contributed by atoms with Crippen molar-refractivity contribution < 1.29 is 9.53 Å². The number of pyridine rings is 1. The number of ether oxygens (including phenoxy) is 1. The van der Waals surface area contributed by atoms with Crippen LogP contribution in [0.2, 0.25) is 0 Å². The molecule has 0 saturated heterocycles. The summed E-state index contributed by atoms with van der Waals surface area (Å²) in [6.07, 6.45) is 3.56. The number of carbonyl (C=O) groups excluding carboxylic acids is 1. The molecule has 4 aromatic rings. The summed E-state index contributed by atoms with van der Waals surface area (Å²) in [6.45, 7) is 2.14. The molecule has 0 aliphatic carbocycles. The molecule has 2 aromatic heterocycles. The number of anilines is 2. The van der Waals surface area contributed by atoms with Crippen molar-refractivity contribution in [3.05, 3.63) is 72.6 Å². The lowest BCUT2D eigenvalue weighted by Crippen LogP contribution is -2.04. The molecule has 27 heavy (non-hydrogen) atoms. The molecule has 0 aliphatic heterocycles. The van der Waals surface area contributed by atoms with Crippen LogP contribution in [0.25, 0.3) is 22.2 Å². The molecule has 4 rings (SSSR count). The van der Waals surface area contributed by atoms with Crippen molar-refractivity contribution >= 4 is 28.6 Å². The largest absolute Gasteiger partial charge is 0.462 e. The predicted molar refractivity (Wildman–Crippen MR) is 105 cm³/mol. The van der Waals surface area contributed by atoms with Gasteiger partial charge in [-0.25, -0.2) is 9.78 Å². The Morgan fingerprint density at radius 2 is 1.78 bits per heavy atom. The van der Waals surface area contributed by atoms with Crippen LogP contribution in [-0.4, -0.2) is 27.5 Å². The molecule has 0 fully saturated rings. The van der Waals surface area contributed by atoms with Gasteiger partial charge in [0.15, 0.2) is 0 Å². The number of nitrogens with zero attached hydrogens (tertiary/aromatic N) is 2. The van der Waals surface area contributed by atoms with Crippen LogP contribution in [0, 0.1) is 0 Å². The van der Waals surface area contributed by atoms with Crippen molar-refractivity contribution in [3.8, 4) is 11.1 Å². The van der Waals surface area contributed by atoms with Gasteiger partial charge in [0, 0.05) is 18.1 Å². The third-order valence-electron chi connectivity index (χ3n) is 4.15. The Kier molecular flexibility index (Phi) is 4.53. The predicted octanol–water partition coefficient (Wildman–Crippen LogP) is 4.55. The molecule has 0 amide bonds. The number of benzene rings is 2. The first-order chi connectivity index (χ1) is 13.2. The Hall–Kier alpha value is -3.67. The monoisotopic (exact) mass is 358 g/mol. The Balaban J connectivity index is 1.54. The van der Waals surface area contributed by atoms with Crippen LogP contribution in [0.3, 0.4) is 0 Å². The summed E-state index contributed by atoms with van der Waals surface area (Å²) in [6, 6.07) is 17.3. The number of H-pyrrole nitrogens is 1. The van der Waals surface area contributed by atoms with Crippen LogP contribution in [-0.2, 0) is 4.74 Å². The highest BCUT2D eigenvalue weighted by Gasteiger charge is 2.10. The summed E-state index contributed by atoms with van der Waals surface area (Å²) in [7, 11) is 0. The molecular formula is C21H18N4O2. The van der Waals surface area contributed by atoms with Gasteiger partial charge in [0.2, 0.25) is 5.95 Å². The minimum Gasteiger partial charge on any atom is -0.462 e. The fourth-order valence-corrected chi connectivity index (χ4v) is 2.84. The molecule has 134 valence electrons. The molecule has 2 N–H and O–H groups in total. The second kappa shape index (κ2) is 7.29. The summed E-state index contributed by atoms with van der Waals surface area (Å²) in [5, 5.41) is 3.25. The maximum Gasteiger partial charge on any atom is 0.338 e. The van der Waals surface area contributed by atoms with E-state index in [-0.39, 0.29) is 5.97 Å². The topological polar surface area (TPSA) is 79.9 Å². The van der Waals surface area contributed by atoms with Gasteiger partial charge in [0.25, 0.3) is 0 Å². The molecule has 6 heteroatoms. The third-order valence-corrected chi connectivity index (χ3v) is 4.15. The molecule has 0 unspecified atom stereocenters. The van der Waals surface area contributed by atoms with Crippen LogP contribution < -0.4 is 5.32 Å². The van der Waals surface area contributed by atoms with Crippen molar-refractivity contribution in [2.45, 2.75) is 6.92 Å². The molecule has 6 nitrogen and oxygen atoms in total. The van der Waals surface area contributed by atoms with E-state index in [1.54, 1.807) is 37.5 Å². The highest BCUT2D eigenvalue weighted by Crippen LogP contribution is 2.23. The number of hydrogen-bond donors (Lipinski definition) is 2. The van der Waals surface area contributed by atoms with E-state index in [0.717, 1.165) is 27.8 Å². The van der Waals surface area contributed by atoms with Crippen LogP contribution >= 0.6 is 0 Å². The molecular weight excluding hydrogens is 340 g/mol. The smallest absolute Gasteiger partial charge is 0.338 e. The Morgan fingerprint density at radius 3 is 2.52 bits per heavy atom. The van der Waals surface area contributed by atoms with Gasteiger partial charge < -0.3 is 15.0 Å².